The van der Waals surface area contributed by atoms with Crippen LogP contribution in [0.2, 0.25) is 19.6 Å². The fourth-order valence-electron chi connectivity index (χ4n) is 0.611. The number of carboxylic acids is 1. The molecule has 0 aromatic heterocycles. The van der Waals surface area contributed by atoms with Crippen molar-refractivity contribution < 1.29 is 14.7 Å². The van der Waals surface area contributed by atoms with E-state index in [1.807, 2.05) is 19.6 Å². The Morgan fingerprint density at radius 3 is 2.21 bits per heavy atom. The minimum absolute atomic E-state index is 0.306. The summed E-state index contributed by atoms with van der Waals surface area (Å²) >= 11 is 0. The topological polar surface area (TPSA) is 57.6 Å². The molecule has 0 aromatic rings. The smallest absolute Gasteiger partial charge is 0.323 e. The molecule has 0 saturated heterocycles. The maximum atomic E-state index is 11.2. The molecule has 0 bridgehead atoms. The lowest BCUT2D eigenvalue weighted by Gasteiger charge is -2.10. The van der Waals surface area contributed by atoms with Crippen LogP contribution in [0.25, 0.3) is 0 Å². The molecule has 0 atom stereocenters. The molecule has 0 unspecified atom stereocenters. The van der Waals surface area contributed by atoms with Crippen molar-refractivity contribution in [1.29, 1.82) is 0 Å². The second kappa shape index (κ2) is 4.82. The van der Waals surface area contributed by atoms with Gasteiger partial charge >= 0.3 is 5.97 Å². The Morgan fingerprint density at radius 1 is 1.36 bits per heavy atom. The number of carbonyl (C=O) groups is 2. The van der Waals surface area contributed by atoms with Gasteiger partial charge in [0, 0.05) is 7.05 Å². The summed E-state index contributed by atoms with van der Waals surface area (Å²) < 4.78 is 0. The van der Waals surface area contributed by atoms with E-state index in [1.165, 1.54) is 7.05 Å². The van der Waals surface area contributed by atoms with E-state index < -0.39 is 20.0 Å². The van der Waals surface area contributed by atoms with E-state index in [0.717, 1.165) is 4.90 Å². The Bertz CT molecular complexity index is 295. The highest BCUT2D eigenvalue weighted by Gasteiger charge is 2.11. The van der Waals surface area contributed by atoms with Crippen LogP contribution in [0, 0.1) is 11.5 Å². The third-order valence-electron chi connectivity index (χ3n) is 1.26. The summed E-state index contributed by atoms with van der Waals surface area (Å²) in [6.45, 7) is 5.75. The molecule has 0 fully saturated rings. The van der Waals surface area contributed by atoms with Crippen LogP contribution in [0.4, 0.5) is 0 Å². The second-order valence-corrected chi connectivity index (χ2v) is 8.80. The van der Waals surface area contributed by atoms with E-state index in [2.05, 4.69) is 11.5 Å². The fraction of sp³-hybridized carbons (Fsp3) is 0.556. The van der Waals surface area contributed by atoms with E-state index in [4.69, 9.17) is 5.11 Å². The Kier molecular flexibility index (Phi) is 4.37. The van der Waals surface area contributed by atoms with Crippen LogP contribution in [0.15, 0.2) is 0 Å². The van der Waals surface area contributed by atoms with Crippen molar-refractivity contribution in [2.75, 3.05) is 13.6 Å². The van der Waals surface area contributed by atoms with Crippen LogP contribution >= 0.6 is 0 Å². The minimum Gasteiger partial charge on any atom is -0.480 e. The zero-order valence-corrected chi connectivity index (χ0v) is 9.92. The van der Waals surface area contributed by atoms with Gasteiger partial charge in [0.25, 0.3) is 5.91 Å². The van der Waals surface area contributed by atoms with Crippen molar-refractivity contribution in [3.05, 3.63) is 0 Å². The number of hydrogen-bond donors (Lipinski definition) is 1. The van der Waals surface area contributed by atoms with Crippen molar-refractivity contribution in [1.82, 2.24) is 4.90 Å². The molecule has 1 N–H and O–H groups in total. The van der Waals surface area contributed by atoms with Crippen LogP contribution in [0.5, 0.6) is 0 Å². The molecule has 0 radical (unpaired) electrons. The Hall–Kier alpha value is -1.28. The Balaban J connectivity index is 4.33. The summed E-state index contributed by atoms with van der Waals surface area (Å²) in [5, 5.41) is 8.43. The van der Waals surface area contributed by atoms with Crippen LogP contribution < -0.4 is 0 Å². The van der Waals surface area contributed by atoms with E-state index >= 15 is 0 Å². The van der Waals surface area contributed by atoms with Gasteiger partial charge in [-0.25, -0.2) is 0 Å². The molecular formula is C9H15NO3Si. The van der Waals surface area contributed by atoms with Crippen molar-refractivity contribution in [2.24, 2.45) is 0 Å². The van der Waals surface area contributed by atoms with Gasteiger partial charge in [-0.1, -0.05) is 19.6 Å². The number of carbonyl (C=O) groups excluding carboxylic acids is 1. The number of nitrogens with zero attached hydrogens (tertiary/aromatic N) is 1. The summed E-state index contributed by atoms with van der Waals surface area (Å²) in [5.41, 5.74) is 2.88. The molecule has 1 amide bonds. The molecule has 0 aliphatic rings. The summed E-state index contributed by atoms with van der Waals surface area (Å²) in [4.78, 5) is 22.6. The lowest BCUT2D eigenvalue weighted by atomic mass is 10.5. The summed E-state index contributed by atoms with van der Waals surface area (Å²) in [5.74, 6) is 0.996. The predicted octanol–water partition coefficient (Wildman–Crippen LogP) is 0.410. The fourth-order valence-corrected chi connectivity index (χ4v) is 1.09. The maximum Gasteiger partial charge on any atom is 0.323 e. The average molecular weight is 213 g/mol. The molecule has 0 rings (SSSR count). The van der Waals surface area contributed by atoms with Crippen LogP contribution in [-0.4, -0.2) is 43.5 Å². The first-order chi connectivity index (χ1) is 6.22. The maximum absolute atomic E-state index is 11.2. The highest BCUT2D eigenvalue weighted by molar-refractivity contribution is 6.84. The number of rotatable bonds is 2. The Labute approximate surface area is 84.9 Å². The van der Waals surface area contributed by atoms with E-state index in [1.54, 1.807) is 0 Å². The standard InChI is InChI=1S/C9H15NO3Si/c1-10(7-9(12)13)8(11)5-6-14(2,3)4/h7H2,1-4H3,(H,12,13). The van der Waals surface area contributed by atoms with Crippen LogP contribution in [0.3, 0.4) is 0 Å². The number of likely N-dealkylation sites (N-methyl/N-ethyl adjacent to an activating group) is 1. The lowest BCUT2D eigenvalue weighted by Crippen LogP contribution is -2.31. The van der Waals surface area contributed by atoms with Gasteiger partial charge < -0.3 is 10.0 Å². The number of aliphatic carboxylic acids is 1. The SMILES string of the molecule is CN(CC(=O)O)C(=O)C#C[Si](C)(C)C. The normalized spacial score (nSPS) is 10.0. The molecule has 0 heterocycles. The van der Waals surface area contributed by atoms with E-state index in [-0.39, 0.29) is 6.54 Å². The predicted molar refractivity (Wildman–Crippen MR) is 56.4 cm³/mol. The molecule has 0 aliphatic heterocycles. The highest BCUT2D eigenvalue weighted by Crippen LogP contribution is 1.96. The van der Waals surface area contributed by atoms with Gasteiger partial charge in [0.2, 0.25) is 0 Å². The average Bonchev–Trinajstić information content (AvgIpc) is 1.97. The number of hydrogen-bond acceptors (Lipinski definition) is 2. The third kappa shape index (κ3) is 6.26. The van der Waals surface area contributed by atoms with Crippen LogP contribution in [0.1, 0.15) is 0 Å². The highest BCUT2D eigenvalue weighted by atomic mass is 28.3. The second-order valence-electron chi connectivity index (χ2n) is 4.05. The minimum atomic E-state index is -1.56. The largest absolute Gasteiger partial charge is 0.480 e. The van der Waals surface area contributed by atoms with Gasteiger partial charge in [0.15, 0.2) is 0 Å². The van der Waals surface area contributed by atoms with Gasteiger partial charge in [-0.05, 0) is 5.92 Å². The molecule has 0 spiro atoms. The molecule has 0 saturated carbocycles. The van der Waals surface area contributed by atoms with Gasteiger partial charge in [-0.3, -0.25) is 9.59 Å². The molecule has 0 aromatic carbocycles. The molecule has 78 valence electrons. The molecular weight excluding hydrogens is 198 g/mol. The lowest BCUT2D eigenvalue weighted by molar-refractivity contribution is -0.141. The van der Waals surface area contributed by atoms with Gasteiger partial charge in [-0.15, -0.1) is 5.54 Å². The Morgan fingerprint density at radius 2 is 1.86 bits per heavy atom. The number of amides is 1. The van der Waals surface area contributed by atoms with Crippen molar-refractivity contribution in [3.63, 3.8) is 0 Å². The quantitative estimate of drug-likeness (QED) is 0.534. The number of carboxylic acid groups (broad SMARTS) is 1. The summed E-state index contributed by atoms with van der Waals surface area (Å²) in [6.07, 6.45) is 0. The summed E-state index contributed by atoms with van der Waals surface area (Å²) in [7, 11) is -0.136. The first-order valence-corrected chi connectivity index (χ1v) is 7.72. The van der Waals surface area contributed by atoms with E-state index in [0.29, 0.717) is 0 Å². The molecule has 5 heteroatoms. The van der Waals surface area contributed by atoms with Gasteiger partial charge in [0.1, 0.15) is 14.6 Å². The summed E-state index contributed by atoms with van der Waals surface area (Å²) in [6, 6.07) is 0. The van der Waals surface area contributed by atoms with Gasteiger partial charge in [-0.2, -0.15) is 0 Å². The first-order valence-electron chi connectivity index (χ1n) is 4.22. The monoisotopic (exact) mass is 213 g/mol. The molecule has 0 aliphatic carbocycles. The van der Waals surface area contributed by atoms with Crippen molar-refractivity contribution in [3.8, 4) is 11.5 Å². The van der Waals surface area contributed by atoms with Crippen molar-refractivity contribution >= 4 is 20.0 Å². The van der Waals surface area contributed by atoms with Crippen molar-refractivity contribution in [2.45, 2.75) is 19.6 Å². The zero-order valence-electron chi connectivity index (χ0n) is 8.92. The van der Waals surface area contributed by atoms with Crippen LogP contribution in [-0.2, 0) is 9.59 Å². The van der Waals surface area contributed by atoms with E-state index in [9.17, 15) is 9.59 Å². The zero-order chi connectivity index (χ0) is 11.4. The third-order valence-corrected chi connectivity index (χ3v) is 2.14. The molecule has 14 heavy (non-hydrogen) atoms. The first kappa shape index (κ1) is 12.7. The molecule has 4 nitrogen and oxygen atoms in total. The van der Waals surface area contributed by atoms with Gasteiger partial charge in [0.05, 0.1) is 0 Å².